The Balaban J connectivity index is 1.48. The number of fused-ring (bicyclic) bond motifs is 1. The summed E-state index contributed by atoms with van der Waals surface area (Å²) in [5, 5.41) is 17.7. The van der Waals surface area contributed by atoms with E-state index in [4.69, 9.17) is 14.2 Å². The van der Waals surface area contributed by atoms with Crippen molar-refractivity contribution in [2.24, 2.45) is 0 Å². The molecule has 36 heavy (non-hydrogen) atoms. The number of carbonyl (C=O) groups is 1. The minimum absolute atomic E-state index is 0.0776. The lowest BCUT2D eigenvalue weighted by Crippen LogP contribution is -2.39. The number of aromatic nitrogens is 1. The van der Waals surface area contributed by atoms with Crippen LogP contribution in [0.25, 0.3) is 10.9 Å². The molecule has 0 radical (unpaired) electrons. The smallest absolute Gasteiger partial charge is 0.319 e. The van der Waals surface area contributed by atoms with Crippen LogP contribution in [-0.4, -0.2) is 61.2 Å². The molecule has 1 aliphatic heterocycles. The van der Waals surface area contributed by atoms with Crippen molar-refractivity contribution in [2.75, 3.05) is 45.7 Å². The quantitative estimate of drug-likeness (QED) is 0.327. The van der Waals surface area contributed by atoms with Gasteiger partial charge in [-0.25, -0.2) is 4.79 Å². The molecule has 0 unspecified atom stereocenters. The molecule has 0 bridgehead atoms. The number of amides is 2. The molecule has 0 atom stereocenters. The molecule has 11 heteroatoms. The number of hydrogen-bond acceptors (Lipinski definition) is 8. The number of likely N-dealkylation sites (tertiary alicyclic amines) is 1. The summed E-state index contributed by atoms with van der Waals surface area (Å²) in [6, 6.07) is 8.90. The molecule has 1 fully saturated rings. The number of nitro groups is 1. The first-order valence-electron chi connectivity index (χ1n) is 11.7. The third kappa shape index (κ3) is 5.92. The van der Waals surface area contributed by atoms with Gasteiger partial charge in [0.2, 0.25) is 0 Å². The minimum atomic E-state index is -0.561. The van der Waals surface area contributed by atoms with Gasteiger partial charge < -0.3 is 29.7 Å². The summed E-state index contributed by atoms with van der Waals surface area (Å²) < 4.78 is 16.7. The fourth-order valence-electron chi connectivity index (χ4n) is 4.17. The van der Waals surface area contributed by atoms with Crippen LogP contribution in [0, 0.1) is 10.1 Å². The molecule has 2 amide bonds. The summed E-state index contributed by atoms with van der Waals surface area (Å²) >= 11 is 0. The first-order valence-corrected chi connectivity index (χ1v) is 11.7. The highest BCUT2D eigenvalue weighted by Gasteiger charge is 2.19. The number of anilines is 1. The normalized spacial score (nSPS) is 13.7. The van der Waals surface area contributed by atoms with Gasteiger partial charge in [-0.15, -0.1) is 0 Å². The van der Waals surface area contributed by atoms with Crippen molar-refractivity contribution < 1.29 is 23.9 Å². The van der Waals surface area contributed by atoms with Gasteiger partial charge in [-0.05, 0) is 50.2 Å². The lowest BCUT2D eigenvalue weighted by Gasteiger charge is -2.26. The molecule has 4 rings (SSSR count). The Bertz CT molecular complexity index is 1250. The van der Waals surface area contributed by atoms with Crippen molar-refractivity contribution >= 4 is 28.3 Å². The number of carbonyl (C=O) groups excluding carboxylic acids is 1. The first-order chi connectivity index (χ1) is 17.5. The van der Waals surface area contributed by atoms with Crippen LogP contribution < -0.4 is 24.8 Å². The number of rotatable bonds is 9. The Morgan fingerprint density at radius 1 is 1.06 bits per heavy atom. The van der Waals surface area contributed by atoms with Gasteiger partial charge in [0, 0.05) is 30.7 Å². The molecule has 2 aromatic carbocycles. The van der Waals surface area contributed by atoms with E-state index in [-0.39, 0.29) is 17.1 Å². The molecule has 1 aliphatic rings. The zero-order chi connectivity index (χ0) is 25.5. The molecule has 0 aliphatic carbocycles. The SMILES string of the molecule is COc1cc2nccc(Oc3ccc(NC(=O)NCCN4CCCCC4)c([N+](=O)[O-])c3)c2cc1OC. The topological polar surface area (TPSA) is 128 Å². The Kier molecular flexibility index (Phi) is 8.01. The molecule has 0 saturated carbocycles. The van der Waals surface area contributed by atoms with Gasteiger partial charge in [-0.2, -0.15) is 0 Å². The number of urea groups is 1. The maximum atomic E-state index is 12.3. The second-order valence-corrected chi connectivity index (χ2v) is 8.35. The molecule has 11 nitrogen and oxygen atoms in total. The van der Waals surface area contributed by atoms with Crippen LogP contribution in [0.1, 0.15) is 19.3 Å². The summed E-state index contributed by atoms with van der Waals surface area (Å²) in [5.41, 5.74) is 0.407. The summed E-state index contributed by atoms with van der Waals surface area (Å²) in [5.74, 6) is 1.70. The first kappa shape index (κ1) is 25.0. The Hall–Kier alpha value is -4.12. The second kappa shape index (κ2) is 11.5. The number of piperidine rings is 1. The van der Waals surface area contributed by atoms with E-state index in [0.29, 0.717) is 34.7 Å². The highest BCUT2D eigenvalue weighted by atomic mass is 16.6. The average Bonchev–Trinajstić information content (AvgIpc) is 2.89. The largest absolute Gasteiger partial charge is 0.493 e. The molecule has 3 aromatic rings. The highest BCUT2D eigenvalue weighted by molar-refractivity contribution is 5.92. The van der Waals surface area contributed by atoms with E-state index in [1.54, 1.807) is 30.5 Å². The van der Waals surface area contributed by atoms with Crippen molar-refractivity contribution in [3.05, 3.63) is 52.7 Å². The predicted molar refractivity (Wildman–Crippen MR) is 135 cm³/mol. The van der Waals surface area contributed by atoms with Gasteiger partial charge in [-0.1, -0.05) is 6.42 Å². The summed E-state index contributed by atoms with van der Waals surface area (Å²) in [4.78, 5) is 30.1. The maximum Gasteiger partial charge on any atom is 0.319 e. The lowest BCUT2D eigenvalue weighted by atomic mass is 10.1. The number of benzene rings is 2. The van der Waals surface area contributed by atoms with E-state index in [0.717, 1.165) is 19.6 Å². The molecule has 1 aromatic heterocycles. The van der Waals surface area contributed by atoms with E-state index < -0.39 is 11.0 Å². The van der Waals surface area contributed by atoms with E-state index in [2.05, 4.69) is 20.5 Å². The molecular formula is C25H29N5O6. The number of hydrogen-bond donors (Lipinski definition) is 2. The van der Waals surface area contributed by atoms with Gasteiger partial charge in [0.1, 0.15) is 17.2 Å². The predicted octanol–water partition coefficient (Wildman–Crippen LogP) is 4.56. The van der Waals surface area contributed by atoms with E-state index >= 15 is 0 Å². The van der Waals surface area contributed by atoms with Crippen LogP contribution in [0.5, 0.6) is 23.0 Å². The van der Waals surface area contributed by atoms with Crippen LogP contribution in [-0.2, 0) is 0 Å². The van der Waals surface area contributed by atoms with Crippen molar-refractivity contribution in [1.29, 1.82) is 0 Å². The Morgan fingerprint density at radius 2 is 1.81 bits per heavy atom. The van der Waals surface area contributed by atoms with Crippen LogP contribution in [0.15, 0.2) is 42.6 Å². The molecule has 0 spiro atoms. The number of nitrogens with one attached hydrogen (secondary N) is 2. The summed E-state index contributed by atoms with van der Waals surface area (Å²) in [6.45, 7) is 3.27. The van der Waals surface area contributed by atoms with Gasteiger partial charge in [0.25, 0.3) is 5.69 Å². The van der Waals surface area contributed by atoms with Crippen molar-refractivity contribution in [3.63, 3.8) is 0 Å². The van der Waals surface area contributed by atoms with Gasteiger partial charge >= 0.3 is 6.03 Å². The van der Waals surface area contributed by atoms with Crippen molar-refractivity contribution in [3.8, 4) is 23.0 Å². The fraction of sp³-hybridized carbons (Fsp3) is 0.360. The Labute approximate surface area is 208 Å². The molecular weight excluding hydrogens is 466 g/mol. The second-order valence-electron chi connectivity index (χ2n) is 8.35. The monoisotopic (exact) mass is 495 g/mol. The zero-order valence-corrected chi connectivity index (χ0v) is 20.3. The van der Waals surface area contributed by atoms with Crippen LogP contribution in [0.4, 0.5) is 16.2 Å². The highest BCUT2D eigenvalue weighted by Crippen LogP contribution is 2.38. The number of methoxy groups -OCH3 is 2. The summed E-state index contributed by atoms with van der Waals surface area (Å²) in [6.07, 6.45) is 5.16. The van der Waals surface area contributed by atoms with E-state index in [9.17, 15) is 14.9 Å². The lowest BCUT2D eigenvalue weighted by molar-refractivity contribution is -0.384. The van der Waals surface area contributed by atoms with Crippen LogP contribution >= 0.6 is 0 Å². The molecule has 190 valence electrons. The minimum Gasteiger partial charge on any atom is -0.493 e. The van der Waals surface area contributed by atoms with E-state index in [1.807, 2.05) is 0 Å². The number of ether oxygens (including phenoxy) is 3. The van der Waals surface area contributed by atoms with Gasteiger partial charge in [-0.3, -0.25) is 15.1 Å². The molecule has 2 N–H and O–H groups in total. The fourth-order valence-corrected chi connectivity index (χ4v) is 4.17. The number of nitro benzene ring substituents is 1. The molecule has 2 heterocycles. The zero-order valence-electron chi connectivity index (χ0n) is 20.3. The van der Waals surface area contributed by atoms with Crippen molar-refractivity contribution in [1.82, 2.24) is 15.2 Å². The molecule has 1 saturated heterocycles. The summed E-state index contributed by atoms with van der Waals surface area (Å²) in [7, 11) is 3.06. The third-order valence-electron chi connectivity index (χ3n) is 6.01. The van der Waals surface area contributed by atoms with E-state index in [1.165, 1.54) is 45.6 Å². The third-order valence-corrected chi connectivity index (χ3v) is 6.01. The van der Waals surface area contributed by atoms with Crippen LogP contribution in [0.2, 0.25) is 0 Å². The van der Waals surface area contributed by atoms with Gasteiger partial charge in [0.05, 0.1) is 30.7 Å². The van der Waals surface area contributed by atoms with Crippen LogP contribution in [0.3, 0.4) is 0 Å². The number of pyridine rings is 1. The van der Waals surface area contributed by atoms with Gasteiger partial charge in [0.15, 0.2) is 11.5 Å². The number of nitrogens with zero attached hydrogens (tertiary/aromatic N) is 3. The maximum absolute atomic E-state index is 12.3. The Morgan fingerprint density at radius 3 is 2.53 bits per heavy atom. The standard InChI is InChI=1S/C25H29N5O6/c1-34-23-15-18-20(16-24(23)35-2)26-9-8-22(18)36-17-6-7-19(21(14-17)30(32)33)28-25(31)27-10-13-29-11-4-3-5-12-29/h6-9,14-16H,3-5,10-13H2,1-2H3,(H2,27,28,31). The van der Waals surface area contributed by atoms with Crippen molar-refractivity contribution in [2.45, 2.75) is 19.3 Å². The average molecular weight is 496 g/mol.